The molecule has 1 amide bonds. The normalized spacial score (nSPS) is 15.4. The number of nitrogens with one attached hydrogen (secondary N) is 1. The van der Waals surface area contributed by atoms with Gasteiger partial charge < -0.3 is 15.1 Å². The Balaban J connectivity index is 1.47. The van der Waals surface area contributed by atoms with Crippen LogP contribution in [0.4, 0.5) is 24.7 Å². The largest absolute Gasteiger partial charge is 0.417 e. The van der Waals surface area contributed by atoms with E-state index in [-0.39, 0.29) is 11.9 Å². The molecule has 0 aliphatic carbocycles. The van der Waals surface area contributed by atoms with E-state index in [1.807, 2.05) is 48.2 Å². The fourth-order valence-electron chi connectivity index (χ4n) is 3.30. The van der Waals surface area contributed by atoms with Crippen LogP contribution in [0.3, 0.4) is 0 Å². The molecular formula is C22H25F3N4O. The highest BCUT2D eigenvalue weighted by atomic mass is 19.4. The van der Waals surface area contributed by atoms with Gasteiger partial charge in [0, 0.05) is 51.2 Å². The van der Waals surface area contributed by atoms with E-state index < -0.39 is 11.7 Å². The lowest BCUT2D eigenvalue weighted by molar-refractivity contribution is -0.137. The number of alkyl halides is 3. The van der Waals surface area contributed by atoms with Crippen molar-refractivity contribution in [3.63, 3.8) is 0 Å². The summed E-state index contributed by atoms with van der Waals surface area (Å²) in [5.41, 5.74) is 1.28. The standard InChI is InChI=1S/C22H25F3N4O/c1-28(2)19-7-3-16(4-8-19)5-10-21(30)27-18-11-13-29(14-12-18)20-9-6-17(15-26-20)22(23,24)25/h3-10,15,18H,11-14H2,1-2H3,(H,27,30). The van der Waals surface area contributed by atoms with Crippen LogP contribution in [-0.4, -0.2) is 44.1 Å². The third-order valence-electron chi connectivity index (χ3n) is 5.08. The molecule has 0 radical (unpaired) electrons. The van der Waals surface area contributed by atoms with Crippen molar-refractivity contribution in [2.75, 3.05) is 37.0 Å². The summed E-state index contributed by atoms with van der Waals surface area (Å²) in [6.45, 7) is 1.25. The molecule has 1 aromatic heterocycles. The van der Waals surface area contributed by atoms with Crippen LogP contribution < -0.4 is 15.1 Å². The zero-order valence-corrected chi connectivity index (χ0v) is 17.0. The maximum Gasteiger partial charge on any atom is 0.417 e. The average Bonchev–Trinajstić information content (AvgIpc) is 2.72. The number of halogens is 3. The van der Waals surface area contributed by atoms with Crippen LogP contribution in [0.5, 0.6) is 0 Å². The fourth-order valence-corrected chi connectivity index (χ4v) is 3.30. The topological polar surface area (TPSA) is 48.5 Å². The van der Waals surface area contributed by atoms with Crippen molar-refractivity contribution in [1.82, 2.24) is 10.3 Å². The van der Waals surface area contributed by atoms with Crippen molar-refractivity contribution >= 4 is 23.5 Å². The lowest BCUT2D eigenvalue weighted by Crippen LogP contribution is -2.44. The van der Waals surface area contributed by atoms with Crippen LogP contribution in [0.1, 0.15) is 24.0 Å². The van der Waals surface area contributed by atoms with Gasteiger partial charge in [0.15, 0.2) is 0 Å². The molecule has 30 heavy (non-hydrogen) atoms. The number of piperidine rings is 1. The summed E-state index contributed by atoms with van der Waals surface area (Å²) < 4.78 is 38.0. The number of hydrogen-bond acceptors (Lipinski definition) is 4. The summed E-state index contributed by atoms with van der Waals surface area (Å²) >= 11 is 0. The van der Waals surface area contributed by atoms with Crippen LogP contribution in [0.25, 0.3) is 6.08 Å². The van der Waals surface area contributed by atoms with Gasteiger partial charge in [0.2, 0.25) is 5.91 Å². The molecule has 3 rings (SSSR count). The van der Waals surface area contributed by atoms with Crippen LogP contribution in [-0.2, 0) is 11.0 Å². The van der Waals surface area contributed by atoms with Crippen LogP contribution in [0, 0.1) is 0 Å². The smallest absolute Gasteiger partial charge is 0.378 e. The number of rotatable bonds is 5. The van der Waals surface area contributed by atoms with Gasteiger partial charge in [0.05, 0.1) is 5.56 Å². The SMILES string of the molecule is CN(C)c1ccc(C=CC(=O)NC2CCN(c3ccc(C(F)(F)F)cn3)CC2)cc1. The highest BCUT2D eigenvalue weighted by Gasteiger charge is 2.31. The highest BCUT2D eigenvalue weighted by molar-refractivity contribution is 5.92. The zero-order chi connectivity index (χ0) is 21.7. The molecule has 160 valence electrons. The number of carbonyl (C=O) groups excluding carboxylic acids is 1. The zero-order valence-electron chi connectivity index (χ0n) is 17.0. The number of carbonyl (C=O) groups is 1. The Morgan fingerprint density at radius 3 is 2.33 bits per heavy atom. The molecule has 0 atom stereocenters. The van der Waals surface area contributed by atoms with E-state index in [0.717, 1.165) is 23.5 Å². The second-order valence-corrected chi connectivity index (χ2v) is 7.49. The van der Waals surface area contributed by atoms with Gasteiger partial charge >= 0.3 is 6.18 Å². The predicted octanol–water partition coefficient (Wildman–Crippen LogP) is 3.96. The monoisotopic (exact) mass is 418 g/mol. The summed E-state index contributed by atoms with van der Waals surface area (Å²) in [4.78, 5) is 20.1. The lowest BCUT2D eigenvalue weighted by Gasteiger charge is -2.33. The van der Waals surface area contributed by atoms with E-state index in [4.69, 9.17) is 0 Å². The average molecular weight is 418 g/mol. The minimum absolute atomic E-state index is 0.0314. The molecule has 0 saturated carbocycles. The number of benzene rings is 1. The minimum atomic E-state index is -4.38. The quantitative estimate of drug-likeness (QED) is 0.747. The fraction of sp³-hybridized carbons (Fsp3) is 0.364. The molecule has 1 saturated heterocycles. The lowest BCUT2D eigenvalue weighted by atomic mass is 10.0. The van der Waals surface area contributed by atoms with Crippen molar-refractivity contribution in [1.29, 1.82) is 0 Å². The van der Waals surface area contributed by atoms with Gasteiger partial charge in [0.25, 0.3) is 0 Å². The Morgan fingerprint density at radius 1 is 1.13 bits per heavy atom. The van der Waals surface area contributed by atoms with E-state index in [0.29, 0.717) is 31.7 Å². The Hall–Kier alpha value is -3.03. The van der Waals surface area contributed by atoms with Gasteiger partial charge in [-0.1, -0.05) is 12.1 Å². The molecule has 0 unspecified atom stereocenters. The maximum absolute atomic E-state index is 12.7. The number of aromatic nitrogens is 1. The molecule has 1 aromatic carbocycles. The van der Waals surface area contributed by atoms with E-state index in [1.54, 1.807) is 6.08 Å². The van der Waals surface area contributed by atoms with Crippen LogP contribution in [0.2, 0.25) is 0 Å². The minimum Gasteiger partial charge on any atom is -0.378 e. The summed E-state index contributed by atoms with van der Waals surface area (Å²) in [6, 6.07) is 10.4. The molecule has 2 heterocycles. The summed E-state index contributed by atoms with van der Waals surface area (Å²) in [7, 11) is 3.94. The van der Waals surface area contributed by atoms with Crippen molar-refractivity contribution in [2.24, 2.45) is 0 Å². The van der Waals surface area contributed by atoms with Crippen molar-refractivity contribution in [3.05, 3.63) is 59.8 Å². The molecule has 0 spiro atoms. The van der Waals surface area contributed by atoms with Gasteiger partial charge in [-0.05, 0) is 48.7 Å². The number of pyridine rings is 1. The van der Waals surface area contributed by atoms with E-state index in [9.17, 15) is 18.0 Å². The first-order valence-corrected chi connectivity index (χ1v) is 9.76. The Kier molecular flexibility index (Phi) is 6.64. The molecule has 2 aromatic rings. The summed E-state index contributed by atoms with van der Waals surface area (Å²) in [5.74, 6) is 0.367. The van der Waals surface area contributed by atoms with Gasteiger partial charge in [-0.15, -0.1) is 0 Å². The third kappa shape index (κ3) is 5.75. The molecule has 5 nitrogen and oxygen atoms in total. The molecule has 1 aliphatic heterocycles. The first-order chi connectivity index (χ1) is 14.2. The molecule has 0 bridgehead atoms. The number of anilines is 2. The van der Waals surface area contributed by atoms with Crippen molar-refractivity contribution in [2.45, 2.75) is 25.1 Å². The van der Waals surface area contributed by atoms with E-state index in [2.05, 4.69) is 10.3 Å². The van der Waals surface area contributed by atoms with Gasteiger partial charge in [-0.3, -0.25) is 4.79 Å². The molecule has 1 aliphatic rings. The Bertz CT molecular complexity index is 869. The van der Waals surface area contributed by atoms with Crippen LogP contribution >= 0.6 is 0 Å². The van der Waals surface area contributed by atoms with Gasteiger partial charge in [-0.25, -0.2) is 4.98 Å². The Labute approximate surface area is 174 Å². The van der Waals surface area contributed by atoms with Crippen molar-refractivity contribution < 1.29 is 18.0 Å². The molecule has 1 fully saturated rings. The second-order valence-electron chi connectivity index (χ2n) is 7.49. The Morgan fingerprint density at radius 2 is 1.80 bits per heavy atom. The summed E-state index contributed by atoms with van der Waals surface area (Å²) in [6.07, 6.45) is 1.19. The molecule has 8 heteroatoms. The van der Waals surface area contributed by atoms with Gasteiger partial charge in [0.1, 0.15) is 5.82 Å². The van der Waals surface area contributed by atoms with Crippen LogP contribution in [0.15, 0.2) is 48.7 Å². The molecular weight excluding hydrogens is 393 g/mol. The number of amides is 1. The predicted molar refractivity (Wildman–Crippen MR) is 112 cm³/mol. The highest BCUT2D eigenvalue weighted by Crippen LogP contribution is 2.29. The first-order valence-electron chi connectivity index (χ1n) is 9.76. The first kappa shape index (κ1) is 21.7. The maximum atomic E-state index is 12.7. The third-order valence-corrected chi connectivity index (χ3v) is 5.08. The van der Waals surface area contributed by atoms with E-state index in [1.165, 1.54) is 12.1 Å². The van der Waals surface area contributed by atoms with Gasteiger partial charge in [-0.2, -0.15) is 13.2 Å². The molecule has 1 N–H and O–H groups in total. The number of nitrogens with zero attached hydrogens (tertiary/aromatic N) is 3. The van der Waals surface area contributed by atoms with E-state index >= 15 is 0 Å². The second kappa shape index (κ2) is 9.19. The summed E-state index contributed by atoms with van der Waals surface area (Å²) in [5, 5.41) is 2.99. The van der Waals surface area contributed by atoms with Crippen molar-refractivity contribution in [3.8, 4) is 0 Å². The number of hydrogen-bond donors (Lipinski definition) is 1.